The van der Waals surface area contributed by atoms with E-state index in [0.717, 1.165) is 83.7 Å². The second-order valence-electron chi connectivity index (χ2n) is 11.6. The minimum Gasteiger partial charge on any atom is -0.469 e. The molecule has 0 saturated carbocycles. The number of esters is 2. The molecule has 2 aliphatic rings. The molecule has 8 bridgehead atoms. The zero-order valence-electron chi connectivity index (χ0n) is 27.0. The number of fused-ring (bicyclic) bond motifs is 8. The molecule has 0 saturated heterocycles. The molecule has 2 aliphatic heterocycles. The maximum absolute atomic E-state index is 12.2. The maximum atomic E-state index is 12.2. The van der Waals surface area contributed by atoms with Gasteiger partial charge in [0.2, 0.25) is 0 Å². The predicted molar refractivity (Wildman–Crippen MR) is 179 cm³/mol. The van der Waals surface area contributed by atoms with E-state index < -0.39 is 6.10 Å². The SMILES string of the molecule is C=Cc1c(C)c2cc3nc(cc4[nH]c(cc5nc(cc1[nH]2)C(C)=C5C(C)O)c(C)c4CCC(=O)OC)C(CCC(=O)OC)=C3C. The van der Waals surface area contributed by atoms with Gasteiger partial charge in [-0.05, 0) is 105 Å². The van der Waals surface area contributed by atoms with Crippen LogP contribution in [0.4, 0.5) is 0 Å². The molecule has 9 nitrogen and oxygen atoms in total. The lowest BCUT2D eigenvalue weighted by Gasteiger charge is -2.07. The largest absolute Gasteiger partial charge is 0.469 e. The van der Waals surface area contributed by atoms with Gasteiger partial charge in [-0.1, -0.05) is 12.7 Å². The summed E-state index contributed by atoms with van der Waals surface area (Å²) >= 11 is 0. The summed E-state index contributed by atoms with van der Waals surface area (Å²) in [6, 6.07) is 7.95. The molecular formula is C36H40N4O5. The molecule has 0 aliphatic carbocycles. The van der Waals surface area contributed by atoms with Gasteiger partial charge < -0.3 is 24.5 Å². The molecule has 0 fully saturated rings. The Labute approximate surface area is 262 Å². The minimum absolute atomic E-state index is 0.211. The van der Waals surface area contributed by atoms with Gasteiger partial charge >= 0.3 is 11.9 Å². The number of aromatic nitrogens is 4. The number of H-pyrrole nitrogens is 2. The molecule has 1 unspecified atom stereocenters. The Kier molecular flexibility index (Phi) is 8.93. The van der Waals surface area contributed by atoms with Crippen LogP contribution in [0.15, 0.2) is 30.8 Å². The van der Waals surface area contributed by atoms with Crippen LogP contribution >= 0.6 is 0 Å². The van der Waals surface area contributed by atoms with Gasteiger partial charge in [0.05, 0.1) is 43.1 Å². The van der Waals surface area contributed by atoms with E-state index in [1.807, 2.05) is 58.0 Å². The first-order valence-corrected chi connectivity index (χ1v) is 15.1. The average Bonchev–Trinajstić information content (AvgIpc) is 3.67. The molecule has 0 amide bonds. The summed E-state index contributed by atoms with van der Waals surface area (Å²) < 4.78 is 9.88. The number of ether oxygens (including phenoxy) is 2. The lowest BCUT2D eigenvalue weighted by atomic mass is 10.00. The van der Waals surface area contributed by atoms with Crippen LogP contribution in [-0.4, -0.2) is 57.3 Å². The third kappa shape index (κ3) is 6.00. The predicted octanol–water partition coefficient (Wildman–Crippen LogP) is 6.88. The fourth-order valence-corrected chi connectivity index (χ4v) is 6.23. The normalized spacial score (nSPS) is 13.7. The number of methoxy groups -OCH3 is 2. The number of aryl methyl sites for hydroxylation is 3. The van der Waals surface area contributed by atoms with Crippen LogP contribution in [0, 0.1) is 13.8 Å². The van der Waals surface area contributed by atoms with Gasteiger partial charge in [0.1, 0.15) is 0 Å². The fraction of sp³-hybridized carbons (Fsp3) is 0.333. The Balaban J connectivity index is 1.91. The number of nitrogens with one attached hydrogen (secondary N) is 2. The van der Waals surface area contributed by atoms with E-state index in [1.165, 1.54) is 14.2 Å². The van der Waals surface area contributed by atoms with Gasteiger partial charge in [0, 0.05) is 46.0 Å². The summed E-state index contributed by atoms with van der Waals surface area (Å²) in [7, 11) is 2.77. The van der Waals surface area contributed by atoms with E-state index in [-0.39, 0.29) is 24.8 Å². The molecule has 0 spiro atoms. The Bertz CT molecular complexity index is 1950. The third-order valence-corrected chi connectivity index (χ3v) is 8.87. The van der Waals surface area contributed by atoms with E-state index in [2.05, 4.69) is 16.5 Å². The second-order valence-corrected chi connectivity index (χ2v) is 11.6. The van der Waals surface area contributed by atoms with Crippen molar-refractivity contribution < 1.29 is 24.2 Å². The standard InChI is InChI=1S/C36H40N4O5/c1-9-23-18(2)26-14-27-19(3)24(10-12-34(42)44-7)31(38-27)17-32-25(11-13-35(43)45-8)20(4)28(39-32)16-33-36(22(6)41)21(5)29(40-33)15-30(23)37-26/h9,14-17,22,37,39,41H,1,10-13H2,2-8H3. The Hall–Kier alpha value is -4.76. The Morgan fingerprint density at radius 3 is 1.98 bits per heavy atom. The smallest absolute Gasteiger partial charge is 0.305 e. The van der Waals surface area contributed by atoms with Crippen LogP contribution in [0.1, 0.15) is 85.1 Å². The van der Waals surface area contributed by atoms with Gasteiger partial charge in [0.25, 0.3) is 0 Å². The van der Waals surface area contributed by atoms with Crippen molar-refractivity contribution in [3.8, 4) is 0 Å². The summed E-state index contributed by atoms with van der Waals surface area (Å²) in [6.07, 6.45) is 2.43. The first-order valence-electron chi connectivity index (χ1n) is 15.1. The molecule has 0 aromatic carbocycles. The van der Waals surface area contributed by atoms with Crippen LogP contribution < -0.4 is 0 Å². The van der Waals surface area contributed by atoms with Crippen LogP contribution in [-0.2, 0) is 25.5 Å². The van der Waals surface area contributed by atoms with Gasteiger partial charge in [-0.2, -0.15) is 0 Å². The summed E-state index contributed by atoms with van der Waals surface area (Å²) in [5, 5.41) is 10.8. The summed E-state index contributed by atoms with van der Waals surface area (Å²) in [5.74, 6) is -0.592. The average molecular weight is 609 g/mol. The second kappa shape index (κ2) is 12.7. The number of aromatic amines is 2. The number of hydrogen-bond acceptors (Lipinski definition) is 7. The maximum Gasteiger partial charge on any atom is 0.305 e. The molecule has 5 rings (SSSR count). The van der Waals surface area contributed by atoms with Crippen molar-refractivity contribution in [2.45, 2.75) is 66.4 Å². The molecule has 3 aromatic rings. The Morgan fingerprint density at radius 2 is 1.33 bits per heavy atom. The van der Waals surface area contributed by atoms with Crippen LogP contribution in [0.2, 0.25) is 0 Å². The zero-order chi connectivity index (χ0) is 32.6. The third-order valence-electron chi connectivity index (χ3n) is 8.87. The number of nitrogens with zero attached hydrogens (tertiary/aromatic N) is 2. The molecule has 9 heteroatoms. The highest BCUT2D eigenvalue weighted by atomic mass is 16.5. The number of allylic oxidation sites excluding steroid dienone is 3. The molecule has 5 heterocycles. The molecule has 3 N–H and O–H groups in total. The first kappa shape index (κ1) is 31.7. The van der Waals surface area contributed by atoms with Crippen molar-refractivity contribution in [2.75, 3.05) is 14.2 Å². The molecule has 45 heavy (non-hydrogen) atoms. The van der Waals surface area contributed by atoms with Crippen LogP contribution in [0.25, 0.3) is 50.4 Å². The van der Waals surface area contributed by atoms with Gasteiger partial charge in [-0.15, -0.1) is 0 Å². The van der Waals surface area contributed by atoms with Crippen LogP contribution in [0.3, 0.4) is 0 Å². The van der Waals surface area contributed by atoms with Gasteiger partial charge in [0.15, 0.2) is 0 Å². The zero-order valence-corrected chi connectivity index (χ0v) is 27.0. The van der Waals surface area contributed by atoms with E-state index in [0.29, 0.717) is 18.5 Å². The fourth-order valence-electron chi connectivity index (χ4n) is 6.23. The van der Waals surface area contributed by atoms with Crippen molar-refractivity contribution in [1.29, 1.82) is 0 Å². The summed E-state index contributed by atoms with van der Waals surface area (Å²) in [4.78, 5) is 41.5. The highest BCUT2D eigenvalue weighted by Crippen LogP contribution is 2.37. The van der Waals surface area contributed by atoms with Crippen molar-refractivity contribution in [3.05, 3.63) is 75.9 Å². The lowest BCUT2D eigenvalue weighted by molar-refractivity contribution is -0.141. The molecule has 1 atom stereocenters. The molecule has 0 radical (unpaired) electrons. The highest BCUT2D eigenvalue weighted by molar-refractivity contribution is 5.96. The van der Waals surface area contributed by atoms with Gasteiger partial charge in [-0.25, -0.2) is 9.97 Å². The van der Waals surface area contributed by atoms with Gasteiger partial charge in [-0.3, -0.25) is 9.59 Å². The number of carbonyl (C=O) groups excluding carboxylic acids is 2. The Morgan fingerprint density at radius 1 is 0.800 bits per heavy atom. The van der Waals surface area contributed by atoms with E-state index in [9.17, 15) is 14.7 Å². The number of aliphatic hydroxyl groups excluding tert-OH is 1. The minimum atomic E-state index is -0.742. The number of carbonyl (C=O) groups is 2. The van der Waals surface area contributed by atoms with Crippen molar-refractivity contribution in [1.82, 2.24) is 19.9 Å². The van der Waals surface area contributed by atoms with Crippen molar-refractivity contribution >= 4 is 62.4 Å². The van der Waals surface area contributed by atoms with Crippen molar-refractivity contribution in [3.63, 3.8) is 0 Å². The molecular weight excluding hydrogens is 568 g/mol. The highest BCUT2D eigenvalue weighted by Gasteiger charge is 2.23. The quantitative estimate of drug-likeness (QED) is 0.238. The van der Waals surface area contributed by atoms with E-state index >= 15 is 0 Å². The van der Waals surface area contributed by atoms with Crippen molar-refractivity contribution in [2.24, 2.45) is 0 Å². The van der Waals surface area contributed by atoms with Crippen LogP contribution in [0.5, 0.6) is 0 Å². The summed E-state index contributed by atoms with van der Waals surface area (Å²) in [6.45, 7) is 13.8. The molecule has 3 aromatic heterocycles. The number of aliphatic hydroxyl groups is 1. The summed E-state index contributed by atoms with van der Waals surface area (Å²) in [5.41, 5.74) is 13.7. The lowest BCUT2D eigenvalue weighted by Crippen LogP contribution is -2.03. The monoisotopic (exact) mass is 608 g/mol. The number of rotatable bonds is 8. The first-order chi connectivity index (χ1) is 21.5. The van der Waals surface area contributed by atoms with E-state index in [4.69, 9.17) is 19.4 Å². The molecule has 234 valence electrons. The topological polar surface area (TPSA) is 130 Å². The van der Waals surface area contributed by atoms with E-state index in [1.54, 1.807) is 6.92 Å². The number of hydrogen-bond donors (Lipinski definition) is 3.